The maximum atomic E-state index is 13.3. The van der Waals surface area contributed by atoms with Gasteiger partial charge in [-0.1, -0.05) is 17.4 Å². The molecule has 0 radical (unpaired) electrons. The number of nitrogens with zero attached hydrogens (tertiary/aromatic N) is 2. The van der Waals surface area contributed by atoms with E-state index < -0.39 is 23.5 Å². The summed E-state index contributed by atoms with van der Waals surface area (Å²) in [6, 6.07) is 11.5. The Morgan fingerprint density at radius 1 is 1.28 bits per heavy atom. The molecule has 1 unspecified atom stereocenters. The summed E-state index contributed by atoms with van der Waals surface area (Å²) in [5.74, 6) is 0.0361. The van der Waals surface area contributed by atoms with Gasteiger partial charge in [-0.3, -0.25) is 14.5 Å². The van der Waals surface area contributed by atoms with E-state index in [2.05, 4.69) is 4.98 Å². The van der Waals surface area contributed by atoms with Crippen molar-refractivity contribution in [1.82, 2.24) is 4.98 Å². The maximum Gasteiger partial charge on any atom is 0.296 e. The van der Waals surface area contributed by atoms with Crippen LogP contribution in [0, 0.1) is 6.92 Å². The van der Waals surface area contributed by atoms with E-state index >= 15 is 0 Å². The Morgan fingerprint density at radius 2 is 2.12 bits per heavy atom. The van der Waals surface area contributed by atoms with E-state index in [1.54, 1.807) is 36.6 Å². The zero-order valence-electron chi connectivity index (χ0n) is 17.2. The van der Waals surface area contributed by atoms with Gasteiger partial charge < -0.3 is 14.3 Å². The van der Waals surface area contributed by atoms with E-state index in [0.717, 1.165) is 4.70 Å². The van der Waals surface area contributed by atoms with Gasteiger partial charge in [-0.15, -0.1) is 11.3 Å². The quantitative estimate of drug-likeness (QED) is 0.380. The number of hydrogen-bond acceptors (Lipinski definition) is 8. The summed E-state index contributed by atoms with van der Waals surface area (Å²) in [5.41, 5.74) is 0.675. The topological polar surface area (TPSA) is 92.9 Å². The van der Waals surface area contributed by atoms with Gasteiger partial charge in [0, 0.05) is 0 Å². The van der Waals surface area contributed by atoms with Crippen molar-refractivity contribution in [2.75, 3.05) is 11.5 Å². The van der Waals surface area contributed by atoms with E-state index in [0.29, 0.717) is 39.4 Å². The third-order valence-electron chi connectivity index (χ3n) is 5.09. The first-order chi connectivity index (χ1) is 15.5. The number of carbonyl (C=O) groups excluding carboxylic acids is 2. The van der Waals surface area contributed by atoms with Gasteiger partial charge in [0.1, 0.15) is 23.3 Å². The molecule has 4 heterocycles. The second kappa shape index (κ2) is 7.92. The number of ether oxygens (including phenoxy) is 1. The fourth-order valence-electron chi connectivity index (χ4n) is 3.70. The molecule has 4 aromatic rings. The molecule has 0 saturated carbocycles. The summed E-state index contributed by atoms with van der Waals surface area (Å²) in [4.78, 5) is 32.8. The summed E-state index contributed by atoms with van der Waals surface area (Å²) in [6.07, 6.45) is 0. The number of ketones is 1. The van der Waals surface area contributed by atoms with Crippen LogP contribution in [0.25, 0.3) is 10.2 Å². The van der Waals surface area contributed by atoms with Crippen LogP contribution in [-0.2, 0) is 4.79 Å². The fourth-order valence-corrected chi connectivity index (χ4v) is 5.40. The Labute approximate surface area is 191 Å². The number of anilines is 1. The fraction of sp³-hybridized carbons (Fsp3) is 0.174. The minimum absolute atomic E-state index is 0.0129. The molecule has 5 rings (SSSR count). The van der Waals surface area contributed by atoms with Crippen molar-refractivity contribution >= 4 is 49.7 Å². The second-order valence-electron chi connectivity index (χ2n) is 7.15. The molecular formula is C23H18N2O5S2. The van der Waals surface area contributed by atoms with Gasteiger partial charge in [-0.05, 0) is 55.6 Å². The van der Waals surface area contributed by atoms with Crippen molar-refractivity contribution in [2.24, 2.45) is 0 Å². The number of aliphatic hydroxyl groups excluding tert-OH is 1. The number of carbonyl (C=O) groups is 2. The SMILES string of the molecule is CCOc1ccc2nc(N3C(=O)C(O)=C(C(=O)c4cccs4)C3c3ccc(C)o3)sc2c1. The van der Waals surface area contributed by atoms with E-state index in [4.69, 9.17) is 9.15 Å². The average Bonchev–Trinajstić information content (AvgIpc) is 3.55. The van der Waals surface area contributed by atoms with Crippen LogP contribution < -0.4 is 9.64 Å². The first-order valence-electron chi connectivity index (χ1n) is 9.92. The predicted molar refractivity (Wildman–Crippen MR) is 123 cm³/mol. The Hall–Kier alpha value is -3.43. The van der Waals surface area contributed by atoms with Crippen LogP contribution in [-0.4, -0.2) is 28.4 Å². The molecule has 1 aliphatic heterocycles. The van der Waals surface area contributed by atoms with Gasteiger partial charge in [0.15, 0.2) is 10.9 Å². The Bertz CT molecular complexity index is 1370. The summed E-state index contributed by atoms with van der Waals surface area (Å²) < 4.78 is 12.2. The van der Waals surface area contributed by atoms with E-state index in [1.807, 2.05) is 25.1 Å². The highest BCUT2D eigenvalue weighted by molar-refractivity contribution is 7.22. The number of fused-ring (bicyclic) bond motifs is 1. The standard InChI is InChI=1S/C23H18N2O5S2/c1-3-29-13-7-8-14-17(11-13)32-23(24-14)25-19(15-9-6-12(2)30-15)18(21(27)22(25)28)20(26)16-5-4-10-31-16/h4-11,19,27H,3H2,1-2H3. The van der Waals surface area contributed by atoms with Crippen LogP contribution in [0.2, 0.25) is 0 Å². The van der Waals surface area contributed by atoms with Gasteiger partial charge in [-0.2, -0.15) is 0 Å². The molecule has 162 valence electrons. The van der Waals surface area contributed by atoms with Gasteiger partial charge in [-0.25, -0.2) is 4.98 Å². The maximum absolute atomic E-state index is 13.3. The van der Waals surface area contributed by atoms with Crippen LogP contribution in [0.3, 0.4) is 0 Å². The summed E-state index contributed by atoms with van der Waals surface area (Å²) >= 11 is 2.53. The van der Waals surface area contributed by atoms with E-state index in [9.17, 15) is 14.7 Å². The van der Waals surface area contributed by atoms with Crippen molar-refractivity contribution < 1.29 is 23.8 Å². The van der Waals surface area contributed by atoms with Crippen molar-refractivity contribution in [3.05, 3.63) is 75.6 Å². The lowest BCUT2D eigenvalue weighted by Crippen LogP contribution is -2.30. The van der Waals surface area contributed by atoms with Crippen LogP contribution in [0.1, 0.15) is 34.2 Å². The molecule has 0 bridgehead atoms. The van der Waals surface area contributed by atoms with Crippen molar-refractivity contribution in [2.45, 2.75) is 19.9 Å². The highest BCUT2D eigenvalue weighted by Gasteiger charge is 2.47. The molecule has 1 amide bonds. The number of rotatable bonds is 6. The van der Waals surface area contributed by atoms with Crippen molar-refractivity contribution in [3.8, 4) is 5.75 Å². The number of thiophene rings is 1. The number of Topliss-reactive ketones (excluding diaryl/α,β-unsaturated/α-hetero) is 1. The number of aryl methyl sites for hydroxylation is 1. The molecule has 3 aromatic heterocycles. The largest absolute Gasteiger partial charge is 0.503 e. The molecular weight excluding hydrogens is 448 g/mol. The van der Waals surface area contributed by atoms with Gasteiger partial charge >= 0.3 is 0 Å². The molecule has 0 aliphatic carbocycles. The summed E-state index contributed by atoms with van der Waals surface area (Å²) in [6.45, 7) is 4.22. The number of amides is 1. The van der Waals surface area contributed by atoms with Gasteiger partial charge in [0.2, 0.25) is 5.78 Å². The summed E-state index contributed by atoms with van der Waals surface area (Å²) in [7, 11) is 0. The number of aliphatic hydroxyl groups is 1. The molecule has 0 saturated heterocycles. The Morgan fingerprint density at radius 3 is 2.81 bits per heavy atom. The predicted octanol–water partition coefficient (Wildman–Crippen LogP) is 5.44. The first kappa shape index (κ1) is 20.5. The first-order valence-corrected chi connectivity index (χ1v) is 11.6. The molecule has 32 heavy (non-hydrogen) atoms. The van der Waals surface area contributed by atoms with Crippen molar-refractivity contribution in [1.29, 1.82) is 0 Å². The van der Waals surface area contributed by atoms with Crippen LogP contribution in [0.4, 0.5) is 5.13 Å². The van der Waals surface area contributed by atoms with E-state index in [1.165, 1.54) is 27.6 Å². The lowest BCUT2D eigenvalue weighted by molar-refractivity contribution is -0.117. The van der Waals surface area contributed by atoms with Crippen LogP contribution in [0.15, 0.2) is 63.6 Å². The van der Waals surface area contributed by atoms with E-state index in [-0.39, 0.29) is 5.57 Å². The molecule has 9 heteroatoms. The molecule has 7 nitrogen and oxygen atoms in total. The average molecular weight is 467 g/mol. The Balaban J connectivity index is 1.64. The molecule has 1 atom stereocenters. The number of furan rings is 1. The second-order valence-corrected chi connectivity index (χ2v) is 9.11. The number of aromatic nitrogens is 1. The lowest BCUT2D eigenvalue weighted by Gasteiger charge is -2.22. The minimum Gasteiger partial charge on any atom is -0.503 e. The lowest BCUT2D eigenvalue weighted by atomic mass is 10.0. The summed E-state index contributed by atoms with van der Waals surface area (Å²) in [5, 5.41) is 12.9. The van der Waals surface area contributed by atoms with Gasteiger partial charge in [0.05, 0.1) is 27.3 Å². The zero-order valence-corrected chi connectivity index (χ0v) is 18.8. The minimum atomic E-state index is -0.919. The molecule has 0 spiro atoms. The van der Waals surface area contributed by atoms with Crippen molar-refractivity contribution in [3.63, 3.8) is 0 Å². The van der Waals surface area contributed by atoms with Gasteiger partial charge in [0.25, 0.3) is 5.91 Å². The number of thiazole rings is 1. The van der Waals surface area contributed by atoms with Crippen LogP contribution >= 0.6 is 22.7 Å². The third-order valence-corrected chi connectivity index (χ3v) is 6.98. The highest BCUT2D eigenvalue weighted by Crippen LogP contribution is 2.45. The molecule has 1 aromatic carbocycles. The molecule has 1 N–H and O–H groups in total. The van der Waals surface area contributed by atoms with Crippen LogP contribution in [0.5, 0.6) is 5.75 Å². The highest BCUT2D eigenvalue weighted by atomic mass is 32.1. The normalized spacial score (nSPS) is 16.4. The monoisotopic (exact) mass is 466 g/mol. The molecule has 0 fully saturated rings. The number of hydrogen-bond donors (Lipinski definition) is 1. The zero-order chi connectivity index (χ0) is 22.4. The number of benzene rings is 1. The smallest absolute Gasteiger partial charge is 0.296 e. The third kappa shape index (κ3) is 3.30. The molecule has 1 aliphatic rings. The Kier molecular flexibility index (Phi) is 5.07.